The summed E-state index contributed by atoms with van der Waals surface area (Å²) < 4.78 is 13.0. The Balaban J connectivity index is 1.83. The van der Waals surface area contributed by atoms with E-state index < -0.39 is 0 Å². The maximum Gasteiger partial charge on any atom is 0.180 e. The molecule has 1 heterocycles. The van der Waals surface area contributed by atoms with Gasteiger partial charge in [-0.3, -0.25) is 0 Å². The first-order valence-electron chi connectivity index (χ1n) is 7.89. The maximum atomic E-state index is 6.41. The van der Waals surface area contributed by atoms with Crippen LogP contribution in [0.15, 0.2) is 54.2 Å². The van der Waals surface area contributed by atoms with Gasteiger partial charge in [-0.2, -0.15) is 5.10 Å². The zero-order chi connectivity index (χ0) is 18.4. The number of benzene rings is 2. The van der Waals surface area contributed by atoms with E-state index in [1.165, 1.54) is 17.3 Å². The Bertz CT molecular complexity index is 898. The molecule has 2 aromatic carbocycles. The van der Waals surface area contributed by atoms with E-state index in [0.717, 1.165) is 11.1 Å². The molecule has 3 rings (SSSR count). The SMILES string of the molecule is CCOc1cc(/C=N\n2cnnc2)cc(Cl)c1OCc1ccccc1Cl. The van der Waals surface area contributed by atoms with Crippen LogP contribution in [0.1, 0.15) is 18.1 Å². The van der Waals surface area contributed by atoms with Crippen LogP contribution in [0, 0.1) is 0 Å². The highest BCUT2D eigenvalue weighted by molar-refractivity contribution is 6.32. The summed E-state index contributed by atoms with van der Waals surface area (Å²) in [5.41, 5.74) is 1.63. The van der Waals surface area contributed by atoms with Gasteiger partial charge in [-0.1, -0.05) is 41.4 Å². The van der Waals surface area contributed by atoms with Crippen molar-refractivity contribution in [2.24, 2.45) is 5.10 Å². The summed E-state index contributed by atoms with van der Waals surface area (Å²) in [6, 6.07) is 11.0. The summed E-state index contributed by atoms with van der Waals surface area (Å²) in [6.45, 7) is 2.65. The Kier molecular flexibility index (Phi) is 6.09. The van der Waals surface area contributed by atoms with Crippen LogP contribution in [-0.2, 0) is 6.61 Å². The molecule has 26 heavy (non-hydrogen) atoms. The summed E-state index contributed by atoms with van der Waals surface area (Å²) in [5, 5.41) is 12.7. The fourth-order valence-electron chi connectivity index (χ4n) is 2.22. The van der Waals surface area contributed by atoms with Gasteiger partial charge in [-0.15, -0.1) is 10.2 Å². The number of ether oxygens (including phenoxy) is 2. The predicted octanol–water partition coefficient (Wildman–Crippen LogP) is 4.44. The van der Waals surface area contributed by atoms with E-state index in [4.69, 9.17) is 32.7 Å². The Morgan fingerprint density at radius 1 is 1.08 bits per heavy atom. The summed E-state index contributed by atoms with van der Waals surface area (Å²) in [5.74, 6) is 1.01. The van der Waals surface area contributed by atoms with E-state index in [2.05, 4.69) is 15.3 Å². The molecule has 0 atom stereocenters. The van der Waals surface area contributed by atoms with Gasteiger partial charge in [-0.05, 0) is 30.7 Å². The molecule has 0 radical (unpaired) electrons. The molecule has 0 aliphatic carbocycles. The molecule has 0 N–H and O–H groups in total. The van der Waals surface area contributed by atoms with E-state index in [1.807, 2.05) is 37.3 Å². The molecule has 134 valence electrons. The number of rotatable bonds is 7. The molecule has 0 aliphatic rings. The molecule has 8 heteroatoms. The van der Waals surface area contributed by atoms with Crippen LogP contribution in [0.5, 0.6) is 11.5 Å². The van der Waals surface area contributed by atoms with Crippen molar-refractivity contribution in [2.75, 3.05) is 6.61 Å². The first-order chi connectivity index (χ1) is 12.7. The highest BCUT2D eigenvalue weighted by atomic mass is 35.5. The monoisotopic (exact) mass is 390 g/mol. The quantitative estimate of drug-likeness (QED) is 0.559. The Hall–Kier alpha value is -2.57. The van der Waals surface area contributed by atoms with Crippen LogP contribution in [0.3, 0.4) is 0 Å². The van der Waals surface area contributed by atoms with Crippen molar-refractivity contribution in [1.29, 1.82) is 0 Å². The number of hydrogen-bond donors (Lipinski definition) is 0. The van der Waals surface area contributed by atoms with Crippen LogP contribution in [0.4, 0.5) is 0 Å². The van der Waals surface area contributed by atoms with Gasteiger partial charge in [0.25, 0.3) is 0 Å². The summed E-state index contributed by atoms with van der Waals surface area (Å²) in [7, 11) is 0. The summed E-state index contributed by atoms with van der Waals surface area (Å²) in [4.78, 5) is 0. The van der Waals surface area contributed by atoms with Gasteiger partial charge >= 0.3 is 0 Å². The molecule has 0 fully saturated rings. The van der Waals surface area contributed by atoms with Crippen molar-refractivity contribution in [2.45, 2.75) is 13.5 Å². The third-order valence-electron chi connectivity index (χ3n) is 3.41. The van der Waals surface area contributed by atoms with Crippen molar-refractivity contribution in [3.63, 3.8) is 0 Å². The van der Waals surface area contributed by atoms with Crippen molar-refractivity contribution in [3.05, 3.63) is 70.2 Å². The average Bonchev–Trinajstić information content (AvgIpc) is 3.14. The average molecular weight is 391 g/mol. The van der Waals surface area contributed by atoms with E-state index >= 15 is 0 Å². The standard InChI is InChI=1S/C18H16Cl2N4O2/c1-2-25-17-8-13(9-23-24-11-21-22-12-24)7-16(20)18(17)26-10-14-5-3-4-6-15(14)19/h3-9,11-12H,2,10H2,1H3/b23-9-. The molecule has 0 spiro atoms. The van der Waals surface area contributed by atoms with Gasteiger partial charge in [0.1, 0.15) is 19.3 Å². The molecular formula is C18H16Cl2N4O2. The van der Waals surface area contributed by atoms with Gasteiger partial charge in [0, 0.05) is 10.6 Å². The minimum atomic E-state index is 0.285. The molecule has 0 bridgehead atoms. The minimum absolute atomic E-state index is 0.285. The Morgan fingerprint density at radius 3 is 2.58 bits per heavy atom. The zero-order valence-corrected chi connectivity index (χ0v) is 15.5. The zero-order valence-electron chi connectivity index (χ0n) is 14.0. The van der Waals surface area contributed by atoms with Gasteiger partial charge in [0.15, 0.2) is 11.5 Å². The lowest BCUT2D eigenvalue weighted by atomic mass is 10.2. The van der Waals surface area contributed by atoms with Gasteiger partial charge in [0.2, 0.25) is 0 Å². The van der Waals surface area contributed by atoms with E-state index in [1.54, 1.807) is 12.3 Å². The highest BCUT2D eigenvalue weighted by Crippen LogP contribution is 2.37. The van der Waals surface area contributed by atoms with Crippen LogP contribution < -0.4 is 9.47 Å². The van der Waals surface area contributed by atoms with Crippen LogP contribution >= 0.6 is 23.2 Å². The second-order valence-corrected chi connectivity index (χ2v) is 6.04. The Labute approximate surface area is 161 Å². The molecule has 0 saturated heterocycles. The molecule has 6 nitrogen and oxygen atoms in total. The van der Waals surface area contributed by atoms with Gasteiger partial charge in [0.05, 0.1) is 17.8 Å². The molecule has 0 unspecified atom stereocenters. The number of aromatic nitrogens is 3. The normalized spacial score (nSPS) is 11.0. The lowest BCUT2D eigenvalue weighted by molar-refractivity contribution is 0.269. The first-order valence-corrected chi connectivity index (χ1v) is 8.64. The largest absolute Gasteiger partial charge is 0.490 e. The fourth-order valence-corrected chi connectivity index (χ4v) is 2.68. The van der Waals surface area contributed by atoms with E-state index in [9.17, 15) is 0 Å². The highest BCUT2D eigenvalue weighted by Gasteiger charge is 2.13. The van der Waals surface area contributed by atoms with Crippen molar-refractivity contribution in [3.8, 4) is 11.5 Å². The van der Waals surface area contributed by atoms with E-state index in [-0.39, 0.29) is 6.61 Å². The third-order valence-corrected chi connectivity index (χ3v) is 4.06. The second-order valence-electron chi connectivity index (χ2n) is 5.23. The molecule has 0 saturated carbocycles. The van der Waals surface area contributed by atoms with Crippen molar-refractivity contribution < 1.29 is 9.47 Å². The molecule has 3 aromatic rings. The lowest BCUT2D eigenvalue weighted by Crippen LogP contribution is -2.02. The van der Waals surface area contributed by atoms with E-state index in [0.29, 0.717) is 28.2 Å². The van der Waals surface area contributed by atoms with Crippen molar-refractivity contribution >= 4 is 29.4 Å². The summed E-state index contributed by atoms with van der Waals surface area (Å²) in [6.07, 6.45) is 4.61. The lowest BCUT2D eigenvalue weighted by Gasteiger charge is -2.15. The minimum Gasteiger partial charge on any atom is -0.490 e. The first kappa shape index (κ1) is 18.2. The van der Waals surface area contributed by atoms with Gasteiger partial charge in [-0.25, -0.2) is 4.68 Å². The molecule has 1 aromatic heterocycles. The van der Waals surface area contributed by atoms with Crippen molar-refractivity contribution in [1.82, 2.24) is 14.9 Å². The van der Waals surface area contributed by atoms with Crippen LogP contribution in [-0.4, -0.2) is 27.7 Å². The van der Waals surface area contributed by atoms with Gasteiger partial charge < -0.3 is 9.47 Å². The second kappa shape index (κ2) is 8.69. The molecule has 0 amide bonds. The maximum absolute atomic E-state index is 6.41. The topological polar surface area (TPSA) is 61.5 Å². The fraction of sp³-hybridized carbons (Fsp3) is 0.167. The predicted molar refractivity (Wildman–Crippen MR) is 101 cm³/mol. The third kappa shape index (κ3) is 4.53. The smallest absolute Gasteiger partial charge is 0.180 e. The molecular weight excluding hydrogens is 375 g/mol. The number of halogens is 2. The Morgan fingerprint density at radius 2 is 1.85 bits per heavy atom. The van der Waals surface area contributed by atoms with Crippen LogP contribution in [0.25, 0.3) is 0 Å². The molecule has 0 aliphatic heterocycles. The number of hydrogen-bond acceptors (Lipinski definition) is 5. The van der Waals surface area contributed by atoms with Crippen LogP contribution in [0.2, 0.25) is 10.0 Å². The summed E-state index contributed by atoms with van der Waals surface area (Å²) >= 11 is 12.6. The number of nitrogens with zero attached hydrogens (tertiary/aromatic N) is 4.